The first-order chi connectivity index (χ1) is 10.4. The molecule has 1 aromatic rings. The topological polar surface area (TPSA) is 43.4 Å². The van der Waals surface area contributed by atoms with E-state index in [1.54, 1.807) is 13.0 Å². The van der Waals surface area contributed by atoms with Gasteiger partial charge in [-0.25, -0.2) is 0 Å². The Hall–Kier alpha value is -1.90. The molecular weight excluding hydrogens is 276 g/mol. The number of hydrogen-bond donors (Lipinski definition) is 0. The second-order valence-electron chi connectivity index (χ2n) is 5.92. The van der Waals surface area contributed by atoms with Crippen LogP contribution in [0.3, 0.4) is 0 Å². The van der Waals surface area contributed by atoms with Crippen LogP contribution in [-0.4, -0.2) is 18.4 Å². The highest BCUT2D eigenvalue weighted by atomic mass is 16.5. The van der Waals surface area contributed by atoms with Crippen LogP contribution in [0.1, 0.15) is 51.2 Å². The summed E-state index contributed by atoms with van der Waals surface area (Å²) in [7, 11) is 0. The third-order valence-electron chi connectivity index (χ3n) is 3.99. The second kappa shape index (κ2) is 7.92. The molecule has 0 saturated carbocycles. The molecule has 22 heavy (non-hydrogen) atoms. The molecule has 0 aliphatic heterocycles. The van der Waals surface area contributed by atoms with Crippen LogP contribution in [0.15, 0.2) is 36.9 Å². The molecule has 0 bridgehead atoms. The van der Waals surface area contributed by atoms with Gasteiger partial charge in [0.1, 0.15) is 11.2 Å². The average Bonchev–Trinajstić information content (AvgIpc) is 2.47. The zero-order valence-electron chi connectivity index (χ0n) is 14.0. The summed E-state index contributed by atoms with van der Waals surface area (Å²) in [5, 5.41) is 0. The standard InChI is InChI=1S/C19H26O3/c1-6-12-19(15(5)20,18(21)22-7-2)13-16-8-10-17(11-9-16)14(3)4/h6,8-11,14H,1,7,12-13H2,2-5H3/t19-/m0/s1. The highest BCUT2D eigenvalue weighted by Gasteiger charge is 2.43. The summed E-state index contributed by atoms with van der Waals surface area (Å²) in [6, 6.07) is 8.05. The number of ketones is 1. The summed E-state index contributed by atoms with van der Waals surface area (Å²) in [5.41, 5.74) is 1.02. The number of carbonyl (C=O) groups excluding carboxylic acids is 2. The number of esters is 1. The van der Waals surface area contributed by atoms with E-state index in [-0.39, 0.29) is 18.8 Å². The van der Waals surface area contributed by atoms with Gasteiger partial charge in [-0.05, 0) is 43.7 Å². The van der Waals surface area contributed by atoms with E-state index in [1.807, 2.05) is 24.3 Å². The Labute approximate surface area is 133 Å². The van der Waals surface area contributed by atoms with E-state index < -0.39 is 11.4 Å². The van der Waals surface area contributed by atoms with Crippen molar-refractivity contribution in [1.82, 2.24) is 0 Å². The number of carbonyl (C=O) groups is 2. The molecule has 3 heteroatoms. The van der Waals surface area contributed by atoms with Gasteiger partial charge in [0.05, 0.1) is 6.61 Å². The fourth-order valence-corrected chi connectivity index (χ4v) is 2.52. The molecule has 0 aliphatic rings. The van der Waals surface area contributed by atoms with Crippen LogP contribution in [0.5, 0.6) is 0 Å². The van der Waals surface area contributed by atoms with Crippen molar-refractivity contribution in [2.45, 2.75) is 46.5 Å². The highest BCUT2D eigenvalue weighted by molar-refractivity contribution is 6.03. The first-order valence-electron chi connectivity index (χ1n) is 7.75. The molecular formula is C19H26O3. The summed E-state index contributed by atoms with van der Waals surface area (Å²) in [5.74, 6) is -0.195. The molecule has 1 atom stereocenters. The Bertz CT molecular complexity index is 528. The van der Waals surface area contributed by atoms with Crippen LogP contribution in [0.25, 0.3) is 0 Å². The van der Waals surface area contributed by atoms with Gasteiger partial charge in [0.2, 0.25) is 0 Å². The maximum absolute atomic E-state index is 12.4. The Morgan fingerprint density at radius 3 is 2.27 bits per heavy atom. The molecule has 3 nitrogen and oxygen atoms in total. The zero-order chi connectivity index (χ0) is 16.8. The lowest BCUT2D eigenvalue weighted by Crippen LogP contribution is -2.41. The molecule has 0 heterocycles. The van der Waals surface area contributed by atoms with Crippen molar-refractivity contribution >= 4 is 11.8 Å². The van der Waals surface area contributed by atoms with Crippen molar-refractivity contribution in [2.75, 3.05) is 6.61 Å². The second-order valence-corrected chi connectivity index (χ2v) is 5.92. The molecule has 0 aliphatic carbocycles. The van der Waals surface area contributed by atoms with Crippen molar-refractivity contribution in [3.63, 3.8) is 0 Å². The lowest BCUT2D eigenvalue weighted by atomic mass is 9.75. The smallest absolute Gasteiger partial charge is 0.320 e. The quantitative estimate of drug-likeness (QED) is 0.413. The maximum Gasteiger partial charge on any atom is 0.320 e. The number of Topliss-reactive ketones (excluding diaryl/α,β-unsaturated/α-hetero) is 1. The molecule has 0 saturated heterocycles. The molecule has 0 radical (unpaired) electrons. The Balaban J connectivity index is 3.13. The minimum absolute atomic E-state index is 0.182. The molecule has 0 aromatic heterocycles. The van der Waals surface area contributed by atoms with E-state index in [0.29, 0.717) is 12.3 Å². The number of ether oxygens (including phenoxy) is 1. The van der Waals surface area contributed by atoms with Gasteiger partial charge in [-0.2, -0.15) is 0 Å². The average molecular weight is 302 g/mol. The maximum atomic E-state index is 12.4. The van der Waals surface area contributed by atoms with E-state index in [2.05, 4.69) is 20.4 Å². The Morgan fingerprint density at radius 2 is 1.86 bits per heavy atom. The first kappa shape index (κ1) is 18.1. The van der Waals surface area contributed by atoms with Gasteiger partial charge in [-0.15, -0.1) is 6.58 Å². The van der Waals surface area contributed by atoms with Crippen LogP contribution in [0, 0.1) is 5.41 Å². The van der Waals surface area contributed by atoms with Crippen molar-refractivity contribution in [1.29, 1.82) is 0 Å². The number of allylic oxidation sites excluding steroid dienone is 1. The number of benzene rings is 1. The minimum atomic E-state index is -1.17. The third-order valence-corrected chi connectivity index (χ3v) is 3.99. The van der Waals surface area contributed by atoms with Gasteiger partial charge < -0.3 is 4.74 Å². The van der Waals surface area contributed by atoms with E-state index in [1.165, 1.54) is 12.5 Å². The summed E-state index contributed by atoms with van der Waals surface area (Å²) in [4.78, 5) is 24.6. The molecule has 0 spiro atoms. The largest absolute Gasteiger partial charge is 0.465 e. The van der Waals surface area contributed by atoms with Crippen LogP contribution >= 0.6 is 0 Å². The monoisotopic (exact) mass is 302 g/mol. The van der Waals surface area contributed by atoms with E-state index in [4.69, 9.17) is 4.74 Å². The van der Waals surface area contributed by atoms with Gasteiger partial charge in [0.25, 0.3) is 0 Å². The van der Waals surface area contributed by atoms with Gasteiger partial charge in [-0.1, -0.05) is 44.2 Å². The summed E-state index contributed by atoms with van der Waals surface area (Å²) in [6.07, 6.45) is 2.24. The van der Waals surface area contributed by atoms with E-state index >= 15 is 0 Å². The van der Waals surface area contributed by atoms with Crippen molar-refractivity contribution in [2.24, 2.45) is 5.41 Å². The van der Waals surface area contributed by atoms with Crippen LogP contribution in [0.2, 0.25) is 0 Å². The lowest BCUT2D eigenvalue weighted by Gasteiger charge is -2.28. The summed E-state index contributed by atoms with van der Waals surface area (Å²) in [6.45, 7) is 11.4. The molecule has 0 N–H and O–H groups in total. The lowest BCUT2D eigenvalue weighted by molar-refractivity contribution is -0.159. The molecule has 0 unspecified atom stereocenters. The fourth-order valence-electron chi connectivity index (χ4n) is 2.52. The van der Waals surface area contributed by atoms with Crippen molar-refractivity contribution in [3.8, 4) is 0 Å². The predicted octanol–water partition coefficient (Wildman–Crippen LogP) is 4.07. The summed E-state index contributed by atoms with van der Waals surface area (Å²) < 4.78 is 5.15. The molecule has 120 valence electrons. The van der Waals surface area contributed by atoms with Gasteiger partial charge in [0.15, 0.2) is 0 Å². The zero-order valence-corrected chi connectivity index (χ0v) is 14.0. The number of hydrogen-bond acceptors (Lipinski definition) is 3. The molecule has 1 aromatic carbocycles. The van der Waals surface area contributed by atoms with Gasteiger partial charge >= 0.3 is 5.97 Å². The molecule has 1 rings (SSSR count). The summed E-state index contributed by atoms with van der Waals surface area (Å²) >= 11 is 0. The number of rotatable bonds is 8. The minimum Gasteiger partial charge on any atom is -0.465 e. The predicted molar refractivity (Wildman–Crippen MR) is 88.8 cm³/mol. The van der Waals surface area contributed by atoms with Crippen molar-refractivity contribution < 1.29 is 14.3 Å². The van der Waals surface area contributed by atoms with E-state index in [9.17, 15) is 9.59 Å². The Kier molecular flexibility index (Phi) is 6.54. The van der Waals surface area contributed by atoms with Crippen LogP contribution < -0.4 is 0 Å². The molecule has 0 amide bonds. The molecule has 0 fully saturated rings. The Morgan fingerprint density at radius 1 is 1.27 bits per heavy atom. The third kappa shape index (κ3) is 4.06. The fraction of sp³-hybridized carbons (Fsp3) is 0.474. The first-order valence-corrected chi connectivity index (χ1v) is 7.75. The van der Waals surface area contributed by atoms with Crippen LogP contribution in [-0.2, 0) is 20.7 Å². The highest BCUT2D eigenvalue weighted by Crippen LogP contribution is 2.31. The van der Waals surface area contributed by atoms with Gasteiger partial charge in [-0.3, -0.25) is 9.59 Å². The van der Waals surface area contributed by atoms with Crippen LogP contribution in [0.4, 0.5) is 0 Å². The SMILES string of the molecule is C=CC[C@](Cc1ccc(C(C)C)cc1)(C(C)=O)C(=O)OCC. The van der Waals surface area contributed by atoms with Gasteiger partial charge in [0, 0.05) is 0 Å². The normalized spacial score (nSPS) is 13.5. The van der Waals surface area contributed by atoms with Crippen molar-refractivity contribution in [3.05, 3.63) is 48.0 Å². The van der Waals surface area contributed by atoms with E-state index in [0.717, 1.165) is 5.56 Å².